The average Bonchev–Trinajstić information content (AvgIpc) is 2.61. The molecule has 0 aromatic carbocycles. The van der Waals surface area contributed by atoms with Crippen LogP contribution in [0.3, 0.4) is 0 Å². The number of aryl methyl sites for hydroxylation is 1. The van der Waals surface area contributed by atoms with Gasteiger partial charge in [-0.2, -0.15) is 13.2 Å². The van der Waals surface area contributed by atoms with E-state index in [-0.39, 0.29) is 6.42 Å². The summed E-state index contributed by atoms with van der Waals surface area (Å²) in [7, 11) is 0. The van der Waals surface area contributed by atoms with Crippen LogP contribution in [0.15, 0.2) is 12.1 Å². The van der Waals surface area contributed by atoms with Crippen molar-refractivity contribution < 1.29 is 13.2 Å². The maximum atomic E-state index is 12.0. The maximum absolute atomic E-state index is 12.0. The van der Waals surface area contributed by atoms with Crippen LogP contribution in [0.5, 0.6) is 0 Å². The van der Waals surface area contributed by atoms with E-state index >= 15 is 0 Å². The molecule has 1 atom stereocenters. The van der Waals surface area contributed by atoms with Gasteiger partial charge in [-0.3, -0.25) is 0 Å². The van der Waals surface area contributed by atoms with E-state index in [0.29, 0.717) is 0 Å². The summed E-state index contributed by atoms with van der Waals surface area (Å²) in [5.74, 6) is 0. The zero-order valence-corrected chi connectivity index (χ0v) is 9.29. The van der Waals surface area contributed by atoms with Gasteiger partial charge >= 0.3 is 6.18 Å². The summed E-state index contributed by atoms with van der Waals surface area (Å²) in [5, 5.41) is 0. The molecule has 1 unspecified atom stereocenters. The zero-order chi connectivity index (χ0) is 11.5. The van der Waals surface area contributed by atoms with Crippen molar-refractivity contribution >= 4 is 11.3 Å². The number of halogens is 3. The molecule has 0 fully saturated rings. The van der Waals surface area contributed by atoms with Gasteiger partial charge in [-0.15, -0.1) is 11.3 Å². The van der Waals surface area contributed by atoms with Gasteiger partial charge in [0.05, 0.1) is 0 Å². The predicted octanol–water partition coefficient (Wildman–Crippen LogP) is 3.65. The summed E-state index contributed by atoms with van der Waals surface area (Å²) in [6, 6.07) is 3.26. The number of hydrogen-bond donors (Lipinski definition) is 1. The van der Waals surface area contributed by atoms with Gasteiger partial charge in [-0.25, -0.2) is 0 Å². The Kier molecular flexibility index (Phi) is 4.16. The largest absolute Gasteiger partial charge is 0.389 e. The number of hydrogen-bond acceptors (Lipinski definition) is 2. The Bertz CT molecular complexity index is 306. The molecule has 86 valence electrons. The van der Waals surface area contributed by atoms with Crippen molar-refractivity contribution in [2.24, 2.45) is 5.73 Å². The van der Waals surface area contributed by atoms with Gasteiger partial charge < -0.3 is 5.73 Å². The molecule has 5 heteroatoms. The number of nitrogens with two attached hydrogens (primary N) is 1. The van der Waals surface area contributed by atoms with Crippen LogP contribution in [-0.4, -0.2) is 6.18 Å². The van der Waals surface area contributed by atoms with E-state index in [1.165, 1.54) is 11.3 Å². The Balaban J connectivity index is 2.50. The van der Waals surface area contributed by atoms with Crippen molar-refractivity contribution in [3.05, 3.63) is 21.9 Å². The summed E-state index contributed by atoms with van der Waals surface area (Å²) in [5.41, 5.74) is 5.68. The second-order valence-corrected chi connectivity index (χ2v) is 4.62. The first-order valence-electron chi connectivity index (χ1n) is 4.83. The van der Waals surface area contributed by atoms with Crippen molar-refractivity contribution in [2.45, 2.75) is 38.4 Å². The Hall–Kier alpha value is -0.550. The van der Waals surface area contributed by atoms with Crippen molar-refractivity contribution in [2.75, 3.05) is 0 Å². The summed E-state index contributed by atoms with van der Waals surface area (Å²) >= 11 is 1.50. The Morgan fingerprint density at radius 3 is 2.53 bits per heavy atom. The summed E-state index contributed by atoms with van der Waals surface area (Å²) in [6.07, 6.45) is -4.06. The van der Waals surface area contributed by atoms with Crippen LogP contribution < -0.4 is 5.73 Å². The third kappa shape index (κ3) is 4.22. The smallest absolute Gasteiger partial charge is 0.323 e. The summed E-state index contributed by atoms with van der Waals surface area (Å²) in [4.78, 5) is 2.00. The normalized spacial score (nSPS) is 14.2. The third-order valence-corrected chi connectivity index (χ3v) is 3.50. The van der Waals surface area contributed by atoms with Crippen molar-refractivity contribution in [3.8, 4) is 0 Å². The van der Waals surface area contributed by atoms with Crippen molar-refractivity contribution in [1.29, 1.82) is 0 Å². The summed E-state index contributed by atoms with van der Waals surface area (Å²) in [6.45, 7) is 2.01. The lowest BCUT2D eigenvalue weighted by atomic mass is 10.1. The quantitative estimate of drug-likeness (QED) is 0.849. The minimum Gasteiger partial charge on any atom is -0.323 e. The first-order valence-corrected chi connectivity index (χ1v) is 5.65. The van der Waals surface area contributed by atoms with Crippen molar-refractivity contribution in [1.82, 2.24) is 0 Å². The van der Waals surface area contributed by atoms with E-state index in [0.717, 1.165) is 16.2 Å². The second kappa shape index (κ2) is 4.99. The fourth-order valence-corrected chi connectivity index (χ4v) is 2.23. The molecule has 0 saturated heterocycles. The van der Waals surface area contributed by atoms with Gasteiger partial charge in [-0.05, 0) is 25.0 Å². The van der Waals surface area contributed by atoms with Crippen LogP contribution in [0.4, 0.5) is 13.2 Å². The molecule has 0 saturated carbocycles. The van der Waals surface area contributed by atoms with E-state index in [9.17, 15) is 13.2 Å². The highest BCUT2D eigenvalue weighted by Gasteiger charge is 2.28. The van der Waals surface area contributed by atoms with Crippen LogP contribution in [0, 0.1) is 0 Å². The van der Waals surface area contributed by atoms with E-state index in [2.05, 4.69) is 0 Å². The molecule has 1 aromatic heterocycles. The average molecular weight is 237 g/mol. The molecule has 0 aliphatic heterocycles. The lowest BCUT2D eigenvalue weighted by Gasteiger charge is -2.11. The summed E-state index contributed by atoms with van der Waals surface area (Å²) < 4.78 is 35.9. The second-order valence-electron chi connectivity index (χ2n) is 3.42. The van der Waals surface area contributed by atoms with Gasteiger partial charge in [0.2, 0.25) is 0 Å². The molecular formula is C10H14F3NS. The van der Waals surface area contributed by atoms with Crippen LogP contribution in [0.2, 0.25) is 0 Å². The van der Waals surface area contributed by atoms with Crippen LogP contribution in [0.1, 0.15) is 35.6 Å². The van der Waals surface area contributed by atoms with Crippen LogP contribution >= 0.6 is 11.3 Å². The highest BCUT2D eigenvalue weighted by atomic mass is 32.1. The Morgan fingerprint density at radius 2 is 2.07 bits per heavy atom. The van der Waals surface area contributed by atoms with Gasteiger partial charge in [0.25, 0.3) is 0 Å². The minimum absolute atomic E-state index is 0.0346. The van der Waals surface area contributed by atoms with E-state index in [1.54, 1.807) is 0 Å². The Morgan fingerprint density at radius 1 is 1.40 bits per heavy atom. The monoisotopic (exact) mass is 237 g/mol. The molecule has 0 aliphatic carbocycles. The highest BCUT2D eigenvalue weighted by molar-refractivity contribution is 7.12. The molecule has 0 radical (unpaired) electrons. The minimum atomic E-state index is -4.11. The lowest BCUT2D eigenvalue weighted by Crippen LogP contribution is -2.14. The third-order valence-electron chi connectivity index (χ3n) is 2.14. The first-order chi connectivity index (χ1) is 6.92. The van der Waals surface area contributed by atoms with E-state index in [1.807, 2.05) is 19.1 Å². The molecule has 15 heavy (non-hydrogen) atoms. The van der Waals surface area contributed by atoms with Gasteiger partial charge in [0, 0.05) is 22.2 Å². The fourth-order valence-electron chi connectivity index (χ4n) is 1.25. The van der Waals surface area contributed by atoms with E-state index < -0.39 is 18.6 Å². The number of rotatable bonds is 4. The van der Waals surface area contributed by atoms with Gasteiger partial charge in [0.15, 0.2) is 0 Å². The lowest BCUT2D eigenvalue weighted by molar-refractivity contribution is -0.136. The van der Waals surface area contributed by atoms with E-state index in [4.69, 9.17) is 5.73 Å². The predicted molar refractivity (Wildman–Crippen MR) is 55.9 cm³/mol. The number of alkyl halides is 3. The SMILES string of the molecule is CCc1ccc(C(N)CCC(F)(F)F)s1. The highest BCUT2D eigenvalue weighted by Crippen LogP contribution is 2.29. The zero-order valence-electron chi connectivity index (χ0n) is 8.47. The fraction of sp³-hybridized carbons (Fsp3) is 0.600. The molecule has 0 bridgehead atoms. The van der Waals surface area contributed by atoms with Crippen LogP contribution in [-0.2, 0) is 6.42 Å². The van der Waals surface area contributed by atoms with Crippen LogP contribution in [0.25, 0.3) is 0 Å². The molecule has 0 amide bonds. The first kappa shape index (κ1) is 12.5. The molecule has 0 spiro atoms. The molecule has 1 aromatic rings. The molecular weight excluding hydrogens is 223 g/mol. The molecule has 1 nitrogen and oxygen atoms in total. The Labute approximate surface area is 91.1 Å². The van der Waals surface area contributed by atoms with Crippen molar-refractivity contribution in [3.63, 3.8) is 0 Å². The standard InChI is InChI=1S/C10H14F3NS/c1-2-7-3-4-9(15-7)8(14)5-6-10(11,12)13/h3-4,8H,2,5-6,14H2,1H3. The van der Waals surface area contributed by atoms with Gasteiger partial charge in [0.1, 0.15) is 0 Å². The topological polar surface area (TPSA) is 26.0 Å². The number of thiophene rings is 1. The van der Waals surface area contributed by atoms with Gasteiger partial charge in [-0.1, -0.05) is 6.92 Å². The molecule has 0 aliphatic rings. The maximum Gasteiger partial charge on any atom is 0.389 e. The molecule has 1 rings (SSSR count). The molecule has 1 heterocycles. The molecule has 2 N–H and O–H groups in total.